The van der Waals surface area contributed by atoms with Crippen LogP contribution in [0, 0.1) is 0 Å². The predicted octanol–water partition coefficient (Wildman–Crippen LogP) is 3.38. The molecule has 0 fully saturated rings. The van der Waals surface area contributed by atoms with Gasteiger partial charge in [0.2, 0.25) is 5.91 Å². The van der Waals surface area contributed by atoms with Gasteiger partial charge in [-0.05, 0) is 24.7 Å². The molecule has 1 N–H and O–H groups in total. The quantitative estimate of drug-likeness (QED) is 0.812. The third-order valence-electron chi connectivity index (χ3n) is 4.02. The fourth-order valence-electron chi connectivity index (χ4n) is 2.93. The Bertz CT molecular complexity index is 790. The molecule has 0 bridgehead atoms. The van der Waals surface area contributed by atoms with E-state index in [0.717, 1.165) is 20.3 Å². The summed E-state index contributed by atoms with van der Waals surface area (Å²) in [5.41, 5.74) is 1.65. The van der Waals surface area contributed by atoms with E-state index >= 15 is 0 Å². The molecule has 0 unspecified atom stereocenters. The summed E-state index contributed by atoms with van der Waals surface area (Å²) in [5.74, 6) is -0.160. The van der Waals surface area contributed by atoms with Crippen LogP contribution in [0.1, 0.15) is 17.3 Å². The van der Waals surface area contributed by atoms with Crippen LogP contribution in [-0.4, -0.2) is 40.1 Å². The van der Waals surface area contributed by atoms with Crippen LogP contribution in [0.5, 0.6) is 0 Å². The van der Waals surface area contributed by atoms with Crippen molar-refractivity contribution in [1.29, 1.82) is 0 Å². The monoisotopic (exact) mass is 416 g/mol. The molecule has 1 aliphatic heterocycles. The molecular formula is C16H16BrF3N4O. The average Bonchev–Trinajstić information content (AvgIpc) is 3.02. The van der Waals surface area contributed by atoms with Crippen molar-refractivity contribution in [2.24, 2.45) is 0 Å². The number of hydrogen-bond donors (Lipinski definition) is 1. The maximum atomic E-state index is 12.6. The first-order valence-electron chi connectivity index (χ1n) is 7.58. The zero-order chi connectivity index (χ0) is 18.2. The number of fused-ring (bicyclic) bond motifs is 1. The first-order chi connectivity index (χ1) is 11.7. The zero-order valence-electron chi connectivity index (χ0n) is 13.3. The molecule has 1 aliphatic rings. The molecule has 1 aromatic carbocycles. The molecule has 1 amide bonds. The molecular weight excluding hydrogens is 401 g/mol. The Morgan fingerprint density at radius 3 is 2.88 bits per heavy atom. The van der Waals surface area contributed by atoms with E-state index < -0.39 is 12.7 Å². The third-order valence-corrected chi connectivity index (χ3v) is 4.52. The fraction of sp³-hybridized carbons (Fsp3) is 0.375. The first-order valence-corrected chi connectivity index (χ1v) is 8.38. The van der Waals surface area contributed by atoms with Gasteiger partial charge in [-0.2, -0.15) is 13.2 Å². The van der Waals surface area contributed by atoms with Crippen molar-refractivity contribution in [3.63, 3.8) is 0 Å². The smallest absolute Gasteiger partial charge is 0.325 e. The van der Waals surface area contributed by atoms with E-state index in [9.17, 15) is 18.0 Å². The largest absolute Gasteiger partial charge is 0.406 e. The average molecular weight is 417 g/mol. The predicted molar refractivity (Wildman–Crippen MR) is 90.1 cm³/mol. The van der Waals surface area contributed by atoms with Crippen molar-refractivity contribution in [3.05, 3.63) is 46.5 Å². The molecule has 0 saturated carbocycles. The molecule has 1 atom stereocenters. The van der Waals surface area contributed by atoms with Crippen LogP contribution >= 0.6 is 15.9 Å². The van der Waals surface area contributed by atoms with Gasteiger partial charge in [0.1, 0.15) is 12.4 Å². The van der Waals surface area contributed by atoms with Gasteiger partial charge in [-0.25, -0.2) is 4.98 Å². The Morgan fingerprint density at radius 2 is 2.16 bits per heavy atom. The van der Waals surface area contributed by atoms with E-state index in [0.29, 0.717) is 12.4 Å². The standard InChI is InChI=1S/C16H16BrF3N4O/c1-23(8-14-21-4-5-24(14)9-16(18,19)20)7-12-11-3-2-10(17)6-13(11)22-15(12)25/h2-6,12H,7-9H2,1H3,(H,22,25)/t12-/m1/s1. The van der Waals surface area contributed by atoms with Gasteiger partial charge in [0, 0.05) is 29.1 Å². The lowest BCUT2D eigenvalue weighted by Gasteiger charge is -2.20. The minimum atomic E-state index is -4.30. The number of amides is 1. The topological polar surface area (TPSA) is 50.2 Å². The summed E-state index contributed by atoms with van der Waals surface area (Å²) >= 11 is 3.36. The summed E-state index contributed by atoms with van der Waals surface area (Å²) in [6.07, 6.45) is -1.64. The van der Waals surface area contributed by atoms with Crippen molar-refractivity contribution in [2.45, 2.75) is 25.2 Å². The van der Waals surface area contributed by atoms with E-state index in [2.05, 4.69) is 26.2 Å². The van der Waals surface area contributed by atoms with Gasteiger partial charge < -0.3 is 9.88 Å². The Balaban J connectivity index is 1.69. The van der Waals surface area contributed by atoms with Crippen LogP contribution < -0.4 is 5.32 Å². The van der Waals surface area contributed by atoms with Gasteiger partial charge in [-0.3, -0.25) is 9.69 Å². The molecule has 134 valence electrons. The van der Waals surface area contributed by atoms with Crippen molar-refractivity contribution in [2.75, 3.05) is 18.9 Å². The van der Waals surface area contributed by atoms with Gasteiger partial charge in [0.15, 0.2) is 0 Å². The van der Waals surface area contributed by atoms with Gasteiger partial charge in [-0.1, -0.05) is 22.0 Å². The highest BCUT2D eigenvalue weighted by Gasteiger charge is 2.32. The number of nitrogens with zero attached hydrogens (tertiary/aromatic N) is 3. The molecule has 0 aliphatic carbocycles. The molecule has 9 heteroatoms. The summed E-state index contributed by atoms with van der Waals surface area (Å²) in [5, 5.41) is 2.83. The highest BCUT2D eigenvalue weighted by molar-refractivity contribution is 9.10. The van der Waals surface area contributed by atoms with Crippen molar-refractivity contribution in [1.82, 2.24) is 14.5 Å². The number of rotatable bonds is 5. The maximum Gasteiger partial charge on any atom is 0.406 e. The number of halogens is 4. The van der Waals surface area contributed by atoms with Gasteiger partial charge >= 0.3 is 6.18 Å². The lowest BCUT2D eigenvalue weighted by atomic mass is 10.0. The minimum absolute atomic E-state index is 0.112. The van der Waals surface area contributed by atoms with Gasteiger partial charge in [-0.15, -0.1) is 0 Å². The number of nitrogens with one attached hydrogen (secondary N) is 1. The fourth-order valence-corrected chi connectivity index (χ4v) is 3.29. The highest BCUT2D eigenvalue weighted by atomic mass is 79.9. The second kappa shape index (κ2) is 6.80. The number of likely N-dealkylation sites (N-methyl/N-ethyl adjacent to an activating group) is 1. The lowest BCUT2D eigenvalue weighted by Crippen LogP contribution is -2.30. The summed E-state index contributed by atoms with van der Waals surface area (Å²) in [6, 6.07) is 5.58. The number of carbonyl (C=O) groups excluding carboxylic acids is 1. The number of anilines is 1. The van der Waals surface area contributed by atoms with E-state index in [1.165, 1.54) is 12.4 Å². The van der Waals surface area contributed by atoms with Crippen molar-refractivity contribution in [3.8, 4) is 0 Å². The molecule has 0 radical (unpaired) electrons. The molecule has 1 aromatic heterocycles. The van der Waals surface area contributed by atoms with Gasteiger partial charge in [0.05, 0.1) is 12.5 Å². The van der Waals surface area contributed by atoms with Crippen LogP contribution in [0.15, 0.2) is 35.1 Å². The Hall–Kier alpha value is -1.87. The Labute approximate surface area is 151 Å². The number of benzene rings is 1. The first kappa shape index (κ1) is 17.9. The molecule has 2 aromatic rings. The van der Waals surface area contributed by atoms with Crippen LogP contribution in [-0.2, 0) is 17.9 Å². The van der Waals surface area contributed by atoms with Crippen LogP contribution in [0.25, 0.3) is 0 Å². The molecule has 0 saturated heterocycles. The van der Waals surface area contributed by atoms with Crippen molar-refractivity contribution < 1.29 is 18.0 Å². The molecule has 2 heterocycles. The highest BCUT2D eigenvalue weighted by Crippen LogP contribution is 2.35. The third kappa shape index (κ3) is 4.21. The number of imidazole rings is 1. The van der Waals surface area contributed by atoms with Crippen LogP contribution in [0.2, 0.25) is 0 Å². The summed E-state index contributed by atoms with van der Waals surface area (Å²) < 4.78 is 39.7. The normalized spacial score (nSPS) is 17.0. The Morgan fingerprint density at radius 1 is 1.40 bits per heavy atom. The van der Waals surface area contributed by atoms with Crippen LogP contribution in [0.3, 0.4) is 0 Å². The second-order valence-electron chi connectivity index (χ2n) is 6.06. The summed E-state index contributed by atoms with van der Waals surface area (Å²) in [7, 11) is 1.76. The number of aromatic nitrogens is 2. The summed E-state index contributed by atoms with van der Waals surface area (Å²) in [4.78, 5) is 18.0. The van der Waals surface area contributed by atoms with E-state index in [1.807, 2.05) is 18.2 Å². The summed E-state index contributed by atoms with van der Waals surface area (Å²) in [6.45, 7) is -0.463. The minimum Gasteiger partial charge on any atom is -0.325 e. The molecule has 3 rings (SSSR count). The maximum absolute atomic E-state index is 12.6. The van der Waals surface area contributed by atoms with Gasteiger partial charge in [0.25, 0.3) is 0 Å². The molecule has 25 heavy (non-hydrogen) atoms. The van der Waals surface area contributed by atoms with E-state index in [4.69, 9.17) is 0 Å². The molecule has 5 nitrogen and oxygen atoms in total. The zero-order valence-corrected chi connectivity index (χ0v) is 14.9. The number of carbonyl (C=O) groups is 1. The van der Waals surface area contributed by atoms with E-state index in [-0.39, 0.29) is 18.4 Å². The van der Waals surface area contributed by atoms with Crippen molar-refractivity contribution >= 4 is 27.5 Å². The van der Waals surface area contributed by atoms with Crippen LogP contribution in [0.4, 0.5) is 18.9 Å². The Kier molecular flexibility index (Phi) is 4.88. The number of alkyl halides is 3. The second-order valence-corrected chi connectivity index (χ2v) is 6.97. The SMILES string of the molecule is CN(Cc1nccn1CC(F)(F)F)C[C@H]1C(=O)Nc2cc(Br)ccc21. The number of hydrogen-bond acceptors (Lipinski definition) is 3. The van der Waals surface area contributed by atoms with E-state index in [1.54, 1.807) is 11.9 Å². The lowest BCUT2D eigenvalue weighted by molar-refractivity contribution is -0.141. The molecule has 0 spiro atoms.